The van der Waals surface area contributed by atoms with E-state index in [1.165, 1.54) is 12.0 Å². The van der Waals surface area contributed by atoms with Crippen molar-refractivity contribution in [3.05, 3.63) is 30.6 Å². The number of aromatic nitrogens is 4. The Morgan fingerprint density at radius 1 is 1.15 bits per heavy atom. The molecule has 0 spiro atoms. The highest BCUT2D eigenvalue weighted by Gasteiger charge is 2.12. The summed E-state index contributed by atoms with van der Waals surface area (Å²) in [6.45, 7) is 3.81. The van der Waals surface area contributed by atoms with Crippen molar-refractivity contribution < 1.29 is 9.84 Å². The summed E-state index contributed by atoms with van der Waals surface area (Å²) in [5.74, 6) is 1.21. The third-order valence-electron chi connectivity index (χ3n) is 4.20. The van der Waals surface area contributed by atoms with E-state index in [2.05, 4.69) is 47.6 Å². The second-order valence-corrected chi connectivity index (χ2v) is 5.93. The van der Waals surface area contributed by atoms with Gasteiger partial charge in [0.25, 0.3) is 0 Å². The molecule has 1 saturated heterocycles. The van der Waals surface area contributed by atoms with Crippen LogP contribution in [0.2, 0.25) is 0 Å². The third-order valence-corrected chi connectivity index (χ3v) is 4.20. The number of aliphatic hydroxyl groups excluding tert-OH is 1. The second kappa shape index (κ2) is 7.54. The minimum Gasteiger partial charge on any atom is -0.395 e. The van der Waals surface area contributed by atoms with Crippen LogP contribution in [-0.2, 0) is 4.74 Å². The molecule has 1 aliphatic rings. The van der Waals surface area contributed by atoms with Crippen molar-refractivity contribution in [1.29, 1.82) is 0 Å². The normalized spacial score (nSPS) is 14.6. The molecule has 0 bridgehead atoms. The lowest BCUT2D eigenvalue weighted by Gasteiger charge is -2.28. The molecule has 0 aliphatic carbocycles. The second-order valence-electron chi connectivity index (χ2n) is 5.93. The van der Waals surface area contributed by atoms with Crippen molar-refractivity contribution >= 4 is 34.3 Å². The van der Waals surface area contributed by atoms with Crippen molar-refractivity contribution in [2.45, 2.75) is 0 Å². The van der Waals surface area contributed by atoms with E-state index in [4.69, 9.17) is 9.84 Å². The molecule has 3 heterocycles. The molecule has 0 saturated carbocycles. The molecule has 0 amide bonds. The summed E-state index contributed by atoms with van der Waals surface area (Å²) in [5.41, 5.74) is 3.38. The molecule has 9 nitrogen and oxygen atoms in total. The number of benzene rings is 1. The first-order chi connectivity index (χ1) is 12.8. The smallest absolute Gasteiger partial charge is 0.207 e. The van der Waals surface area contributed by atoms with Gasteiger partial charge in [-0.3, -0.25) is 0 Å². The zero-order valence-corrected chi connectivity index (χ0v) is 14.3. The molecule has 26 heavy (non-hydrogen) atoms. The number of nitrogens with one attached hydrogen (secondary N) is 3. The summed E-state index contributed by atoms with van der Waals surface area (Å²) < 4.78 is 5.39. The molecular weight excluding hydrogens is 334 g/mol. The summed E-state index contributed by atoms with van der Waals surface area (Å²) in [6, 6.07) is 8.22. The van der Waals surface area contributed by atoms with Gasteiger partial charge in [0.05, 0.1) is 19.8 Å². The predicted octanol–water partition coefficient (Wildman–Crippen LogP) is 1.34. The van der Waals surface area contributed by atoms with Crippen LogP contribution in [0.15, 0.2) is 30.6 Å². The fraction of sp³-hybridized carbons (Fsp3) is 0.353. The Labute approximate surface area is 150 Å². The fourth-order valence-corrected chi connectivity index (χ4v) is 2.91. The van der Waals surface area contributed by atoms with Crippen molar-refractivity contribution in [3.63, 3.8) is 0 Å². The molecule has 2 aromatic heterocycles. The lowest BCUT2D eigenvalue weighted by Crippen LogP contribution is -2.36. The fourth-order valence-electron chi connectivity index (χ4n) is 2.91. The number of fused-ring (bicyclic) bond motifs is 1. The third kappa shape index (κ3) is 3.53. The molecule has 4 rings (SSSR count). The first-order valence-electron chi connectivity index (χ1n) is 8.59. The van der Waals surface area contributed by atoms with Crippen LogP contribution in [0.25, 0.3) is 11.2 Å². The van der Waals surface area contributed by atoms with Crippen LogP contribution < -0.4 is 15.5 Å². The van der Waals surface area contributed by atoms with Gasteiger partial charge >= 0.3 is 0 Å². The maximum absolute atomic E-state index is 8.96. The van der Waals surface area contributed by atoms with Gasteiger partial charge in [0.2, 0.25) is 5.95 Å². The predicted molar refractivity (Wildman–Crippen MR) is 100 cm³/mol. The van der Waals surface area contributed by atoms with E-state index in [1.54, 1.807) is 0 Å². The van der Waals surface area contributed by atoms with E-state index in [0.29, 0.717) is 29.5 Å². The summed E-state index contributed by atoms with van der Waals surface area (Å²) in [5, 5.41) is 15.3. The highest BCUT2D eigenvalue weighted by molar-refractivity contribution is 5.84. The maximum Gasteiger partial charge on any atom is 0.207 e. The molecule has 1 aliphatic heterocycles. The molecular formula is C17H21N7O2. The van der Waals surface area contributed by atoms with Crippen molar-refractivity contribution in [2.24, 2.45) is 0 Å². The van der Waals surface area contributed by atoms with Crippen molar-refractivity contribution in [3.8, 4) is 0 Å². The van der Waals surface area contributed by atoms with Gasteiger partial charge in [-0.05, 0) is 24.3 Å². The number of aliphatic hydroxyl groups is 1. The Bertz CT molecular complexity index is 859. The zero-order valence-electron chi connectivity index (χ0n) is 14.3. The van der Waals surface area contributed by atoms with E-state index >= 15 is 0 Å². The van der Waals surface area contributed by atoms with Crippen molar-refractivity contribution in [1.82, 2.24) is 19.9 Å². The maximum atomic E-state index is 8.96. The molecule has 1 fully saturated rings. The van der Waals surface area contributed by atoms with Crippen LogP contribution in [0.5, 0.6) is 0 Å². The number of anilines is 4. The van der Waals surface area contributed by atoms with Crippen molar-refractivity contribution in [2.75, 3.05) is 55.0 Å². The number of nitrogens with zero attached hydrogens (tertiary/aromatic N) is 4. The van der Waals surface area contributed by atoms with Gasteiger partial charge < -0.3 is 30.4 Å². The molecule has 9 heteroatoms. The lowest BCUT2D eigenvalue weighted by molar-refractivity contribution is 0.122. The average molecular weight is 355 g/mol. The Morgan fingerprint density at radius 3 is 2.73 bits per heavy atom. The number of aromatic amines is 1. The Morgan fingerprint density at radius 2 is 1.96 bits per heavy atom. The van der Waals surface area contributed by atoms with E-state index in [9.17, 15) is 0 Å². The highest BCUT2D eigenvalue weighted by atomic mass is 16.5. The minimum absolute atomic E-state index is 0.0280. The summed E-state index contributed by atoms with van der Waals surface area (Å²) >= 11 is 0. The number of rotatable bonds is 6. The van der Waals surface area contributed by atoms with Gasteiger partial charge in [0.1, 0.15) is 11.8 Å². The van der Waals surface area contributed by atoms with Crippen LogP contribution >= 0.6 is 0 Å². The topological polar surface area (TPSA) is 111 Å². The lowest BCUT2D eigenvalue weighted by atomic mass is 10.2. The standard InChI is InChI=1S/C17H21N7O2/c25-8-5-18-15-14-16(20-11-19-15)23-17(22-14)21-12-1-3-13(4-2-12)24-6-9-26-10-7-24/h1-4,11,25H,5-10H2,(H3,18,19,20,21,22,23). The van der Waals surface area contributed by atoms with Gasteiger partial charge in [-0.15, -0.1) is 0 Å². The van der Waals surface area contributed by atoms with Crippen LogP contribution in [0.3, 0.4) is 0 Å². The molecule has 4 N–H and O–H groups in total. The minimum atomic E-state index is 0.0280. The number of imidazole rings is 1. The largest absolute Gasteiger partial charge is 0.395 e. The summed E-state index contributed by atoms with van der Waals surface area (Å²) in [4.78, 5) is 18.3. The van der Waals surface area contributed by atoms with Gasteiger partial charge in [-0.25, -0.2) is 9.97 Å². The van der Waals surface area contributed by atoms with Crippen LogP contribution in [-0.4, -0.2) is 64.5 Å². The van der Waals surface area contributed by atoms with Crippen LogP contribution in [0.1, 0.15) is 0 Å². The summed E-state index contributed by atoms with van der Waals surface area (Å²) in [7, 11) is 0. The number of hydrogen-bond acceptors (Lipinski definition) is 8. The van der Waals surface area contributed by atoms with E-state index in [1.807, 2.05) is 12.1 Å². The highest BCUT2D eigenvalue weighted by Crippen LogP contribution is 2.23. The van der Waals surface area contributed by atoms with Crippen LogP contribution in [0, 0.1) is 0 Å². The first kappa shape index (κ1) is 16.6. The SMILES string of the molecule is OCCNc1ncnc2nc(Nc3ccc(N4CCOCC4)cc3)[nH]c12. The van der Waals surface area contributed by atoms with E-state index in [0.717, 1.165) is 32.0 Å². The quantitative estimate of drug-likeness (QED) is 0.524. The van der Waals surface area contributed by atoms with Crippen LogP contribution in [0.4, 0.5) is 23.1 Å². The molecule has 0 atom stereocenters. The zero-order chi connectivity index (χ0) is 17.8. The van der Waals surface area contributed by atoms with E-state index < -0.39 is 0 Å². The number of morpholine rings is 1. The molecule has 0 radical (unpaired) electrons. The van der Waals surface area contributed by atoms with Gasteiger partial charge in [0.15, 0.2) is 11.5 Å². The van der Waals surface area contributed by atoms with Gasteiger partial charge in [-0.2, -0.15) is 4.98 Å². The number of hydrogen-bond donors (Lipinski definition) is 4. The number of ether oxygens (including phenoxy) is 1. The van der Waals surface area contributed by atoms with E-state index in [-0.39, 0.29) is 6.61 Å². The summed E-state index contributed by atoms with van der Waals surface area (Å²) in [6.07, 6.45) is 1.45. The Balaban J connectivity index is 1.49. The first-order valence-corrected chi connectivity index (χ1v) is 8.59. The molecule has 3 aromatic rings. The molecule has 1 aromatic carbocycles. The molecule has 136 valence electrons. The van der Waals surface area contributed by atoms with Gasteiger partial charge in [-0.1, -0.05) is 0 Å². The Hall–Kier alpha value is -2.91. The Kier molecular flexibility index (Phi) is 4.80. The number of H-pyrrole nitrogens is 1. The van der Waals surface area contributed by atoms with Gasteiger partial charge in [0, 0.05) is 31.0 Å². The monoisotopic (exact) mass is 355 g/mol. The molecule has 0 unspecified atom stereocenters. The average Bonchev–Trinajstić information content (AvgIpc) is 3.10.